The fraction of sp³-hybridized carbons (Fsp3) is 0.667. The maximum atomic E-state index is 2.36. The molecule has 0 spiro atoms. The first-order chi connectivity index (χ1) is 5.73. The van der Waals surface area contributed by atoms with E-state index in [9.17, 15) is 0 Å². The third-order valence-electron chi connectivity index (χ3n) is 2.15. The Morgan fingerprint density at radius 1 is 0.923 bits per heavy atom. The summed E-state index contributed by atoms with van der Waals surface area (Å²) in [7, 11) is 0. The summed E-state index contributed by atoms with van der Waals surface area (Å²) >= 11 is 0.598. The van der Waals surface area contributed by atoms with Gasteiger partial charge in [0.2, 0.25) is 0 Å². The van der Waals surface area contributed by atoms with Crippen molar-refractivity contribution in [3.63, 3.8) is 0 Å². The molecule has 0 bridgehead atoms. The second kappa shape index (κ2) is 3.29. The van der Waals surface area contributed by atoms with Crippen LogP contribution in [0.1, 0.15) is 51.5 Å². The first kappa shape index (κ1) is 11.1. The zero-order chi connectivity index (χ0) is 10.3. The van der Waals surface area contributed by atoms with Crippen LogP contribution in [0.4, 0.5) is 0 Å². The molecule has 0 nitrogen and oxygen atoms in total. The van der Waals surface area contributed by atoms with Gasteiger partial charge in [-0.2, -0.15) is 0 Å². The molecule has 0 N–H and O–H groups in total. The normalized spacial score (nSPS) is 13.4. The summed E-state index contributed by atoms with van der Waals surface area (Å²) in [6, 6.07) is 2.33. The van der Waals surface area contributed by atoms with Crippen molar-refractivity contribution in [2.24, 2.45) is 0 Å². The summed E-state index contributed by atoms with van der Waals surface area (Å²) in [5, 5.41) is 0. The van der Waals surface area contributed by atoms with Crippen molar-refractivity contribution in [2.75, 3.05) is 0 Å². The Morgan fingerprint density at radius 2 is 1.46 bits per heavy atom. The Kier molecular flexibility index (Phi) is 2.81. The van der Waals surface area contributed by atoms with Crippen LogP contribution in [0.2, 0.25) is 0 Å². The van der Waals surface area contributed by atoms with E-state index in [1.165, 1.54) is 0 Å². The Balaban J connectivity index is 3.19. The van der Waals surface area contributed by atoms with E-state index in [1.807, 2.05) is 0 Å². The molecule has 0 aliphatic heterocycles. The van der Waals surface area contributed by atoms with Gasteiger partial charge >= 0.3 is 87.9 Å². The van der Waals surface area contributed by atoms with Crippen LogP contribution < -0.4 is 0 Å². The van der Waals surface area contributed by atoms with Gasteiger partial charge in [-0.1, -0.05) is 0 Å². The van der Waals surface area contributed by atoms with E-state index in [2.05, 4.69) is 52.5 Å². The zero-order valence-electron chi connectivity index (χ0n) is 9.56. The van der Waals surface area contributed by atoms with Gasteiger partial charge in [0.25, 0.3) is 0 Å². The van der Waals surface area contributed by atoms with Gasteiger partial charge in [0.1, 0.15) is 0 Å². The third kappa shape index (κ3) is 2.48. The van der Waals surface area contributed by atoms with Gasteiger partial charge in [-0.25, -0.2) is 0 Å². The van der Waals surface area contributed by atoms with Crippen LogP contribution in [0, 0.1) is 0 Å². The van der Waals surface area contributed by atoms with Crippen LogP contribution in [-0.2, 0) is 10.8 Å². The van der Waals surface area contributed by atoms with Crippen molar-refractivity contribution in [3.8, 4) is 0 Å². The topological polar surface area (TPSA) is 0 Å². The van der Waals surface area contributed by atoms with Crippen molar-refractivity contribution < 1.29 is 0 Å². The number of rotatable bonds is 0. The average Bonchev–Trinajstić information content (AvgIpc) is 2.27. The molecule has 0 aliphatic rings. The molecule has 0 saturated heterocycles. The first-order valence-corrected chi connectivity index (χ1v) is 6.66. The summed E-state index contributed by atoms with van der Waals surface area (Å²) in [6.45, 7) is 13.9. The molecule has 1 rings (SSSR count). The third-order valence-corrected chi connectivity index (χ3v) is 4.97. The molecule has 0 aromatic carbocycles. The van der Waals surface area contributed by atoms with Gasteiger partial charge in [0, 0.05) is 0 Å². The van der Waals surface area contributed by atoms with E-state index in [0.29, 0.717) is 25.3 Å². The molecule has 74 valence electrons. The summed E-state index contributed by atoms with van der Waals surface area (Å²) in [5.41, 5.74) is 2.24. The summed E-state index contributed by atoms with van der Waals surface area (Å²) < 4.78 is 1.67. The van der Waals surface area contributed by atoms with E-state index in [0.717, 1.165) is 0 Å². The molecule has 1 heteroatoms. The summed E-state index contributed by atoms with van der Waals surface area (Å²) in [6.07, 6.45) is 0. The molecule has 13 heavy (non-hydrogen) atoms. The van der Waals surface area contributed by atoms with E-state index in [4.69, 9.17) is 0 Å². The van der Waals surface area contributed by atoms with Gasteiger partial charge in [-0.05, 0) is 0 Å². The minimum absolute atomic E-state index is 0.317. The van der Waals surface area contributed by atoms with E-state index in [1.54, 1.807) is 10.0 Å². The second-order valence-corrected chi connectivity index (χ2v) is 7.59. The molecular weight excluding hydrogens is 223 g/mol. The van der Waals surface area contributed by atoms with Crippen molar-refractivity contribution in [1.29, 1.82) is 0 Å². The molecule has 1 heterocycles. The Hall–Kier alpha value is -0.000519. The van der Waals surface area contributed by atoms with E-state index < -0.39 is 0 Å². The van der Waals surface area contributed by atoms with E-state index in [-0.39, 0.29) is 0 Å². The molecular formula is C12H20Se. The van der Waals surface area contributed by atoms with Crippen molar-refractivity contribution in [3.05, 3.63) is 21.0 Å². The van der Waals surface area contributed by atoms with Crippen LogP contribution in [0.15, 0.2) is 11.0 Å². The van der Waals surface area contributed by atoms with Crippen molar-refractivity contribution in [1.82, 2.24) is 0 Å². The maximum absolute atomic E-state index is 2.36. The molecule has 0 unspecified atom stereocenters. The first-order valence-electron chi connectivity index (χ1n) is 4.81. The van der Waals surface area contributed by atoms with Crippen molar-refractivity contribution >= 4 is 14.5 Å². The molecule has 1 aromatic heterocycles. The predicted octanol–water partition coefficient (Wildman–Crippen LogP) is 3.34. The molecule has 0 saturated carbocycles. The molecule has 0 fully saturated rings. The fourth-order valence-electron chi connectivity index (χ4n) is 1.48. The predicted molar refractivity (Wildman–Crippen MR) is 60.8 cm³/mol. The molecule has 1 aromatic rings. The van der Waals surface area contributed by atoms with Gasteiger partial charge in [0.05, 0.1) is 0 Å². The van der Waals surface area contributed by atoms with Crippen molar-refractivity contribution in [2.45, 2.75) is 52.4 Å². The monoisotopic (exact) mass is 244 g/mol. The van der Waals surface area contributed by atoms with Crippen LogP contribution in [0.5, 0.6) is 0 Å². The quantitative estimate of drug-likeness (QED) is 0.613. The fourth-order valence-corrected chi connectivity index (χ4v) is 3.99. The minimum atomic E-state index is 0.317. The molecule has 0 aliphatic carbocycles. The van der Waals surface area contributed by atoms with Crippen LogP contribution in [0.3, 0.4) is 0 Å². The van der Waals surface area contributed by atoms with Gasteiger partial charge in [0.15, 0.2) is 0 Å². The summed E-state index contributed by atoms with van der Waals surface area (Å²) in [5.74, 6) is 0. The SMILES string of the molecule is CC(C)(C)c1cc[se]c1C(C)(C)C. The summed E-state index contributed by atoms with van der Waals surface area (Å²) in [4.78, 5) is 2.36. The van der Waals surface area contributed by atoms with Gasteiger partial charge in [-0.15, -0.1) is 0 Å². The second-order valence-electron chi connectivity index (χ2n) is 5.66. The average molecular weight is 243 g/mol. The van der Waals surface area contributed by atoms with Crippen LogP contribution in [-0.4, -0.2) is 14.5 Å². The molecule has 0 atom stereocenters. The number of hydrogen-bond acceptors (Lipinski definition) is 0. The Morgan fingerprint density at radius 3 is 1.77 bits per heavy atom. The standard InChI is InChI=1S/C12H20Se/c1-11(2,3)9-7-8-13-10(9)12(4,5)6/h7-8H,1-6H3. The van der Waals surface area contributed by atoms with Gasteiger partial charge in [-0.3, -0.25) is 0 Å². The van der Waals surface area contributed by atoms with Gasteiger partial charge < -0.3 is 0 Å². The molecule has 0 amide bonds. The Bertz CT molecular complexity index is 252. The van der Waals surface area contributed by atoms with Crippen LogP contribution in [0.25, 0.3) is 0 Å². The number of hydrogen-bond donors (Lipinski definition) is 0. The zero-order valence-corrected chi connectivity index (χ0v) is 11.3. The van der Waals surface area contributed by atoms with E-state index >= 15 is 0 Å². The Labute approximate surface area is 88.1 Å². The molecule has 0 radical (unpaired) electrons. The van der Waals surface area contributed by atoms with Crippen LogP contribution >= 0.6 is 0 Å².